The number of fused-ring (bicyclic) bond motifs is 1. The number of carboxylic acid groups (broad SMARTS) is 1. The summed E-state index contributed by atoms with van der Waals surface area (Å²) in [6.07, 6.45) is 3.28. The fourth-order valence-corrected chi connectivity index (χ4v) is 3.21. The largest absolute Gasteiger partial charge is 0.480 e. The summed E-state index contributed by atoms with van der Waals surface area (Å²) in [7, 11) is 0. The maximum atomic E-state index is 10.5. The number of carbonyl (C=O) groups is 1. The number of carboxylic acids is 1. The third-order valence-corrected chi connectivity index (χ3v) is 3.98. The number of nitrogens with one attached hydrogen (secondary N) is 1. The van der Waals surface area contributed by atoms with Crippen molar-refractivity contribution in [1.82, 2.24) is 0 Å². The van der Waals surface area contributed by atoms with Crippen molar-refractivity contribution in [3.8, 4) is 0 Å². The Hall–Kier alpha value is -1.07. The van der Waals surface area contributed by atoms with Gasteiger partial charge in [0, 0.05) is 13.0 Å². The molecule has 1 aliphatic rings. The van der Waals surface area contributed by atoms with Crippen LogP contribution in [0.4, 0.5) is 5.00 Å². The van der Waals surface area contributed by atoms with Crippen LogP contribution >= 0.6 is 11.3 Å². The SMILES string of the molecule is CCOC1CCc2csc(NCC(=O)O)c2C1. The van der Waals surface area contributed by atoms with Gasteiger partial charge in [-0.2, -0.15) is 0 Å². The summed E-state index contributed by atoms with van der Waals surface area (Å²) in [5.74, 6) is -0.829. The second kappa shape index (κ2) is 5.51. The first-order valence-corrected chi connectivity index (χ1v) is 6.75. The number of hydrogen-bond donors (Lipinski definition) is 2. The van der Waals surface area contributed by atoms with Gasteiger partial charge in [-0.3, -0.25) is 4.79 Å². The van der Waals surface area contributed by atoms with Crippen molar-refractivity contribution in [3.63, 3.8) is 0 Å². The molecule has 5 heteroatoms. The smallest absolute Gasteiger partial charge is 0.322 e. The van der Waals surface area contributed by atoms with E-state index in [9.17, 15) is 4.79 Å². The van der Waals surface area contributed by atoms with E-state index in [0.29, 0.717) is 0 Å². The molecule has 17 heavy (non-hydrogen) atoms. The Balaban J connectivity index is 2.05. The van der Waals surface area contributed by atoms with E-state index >= 15 is 0 Å². The van der Waals surface area contributed by atoms with Gasteiger partial charge in [0.15, 0.2) is 0 Å². The van der Waals surface area contributed by atoms with Gasteiger partial charge < -0.3 is 15.2 Å². The lowest BCUT2D eigenvalue weighted by atomic mass is 9.92. The topological polar surface area (TPSA) is 58.6 Å². The van der Waals surface area contributed by atoms with Gasteiger partial charge >= 0.3 is 5.97 Å². The lowest BCUT2D eigenvalue weighted by molar-refractivity contribution is -0.134. The molecular formula is C12H17NO3S. The lowest BCUT2D eigenvalue weighted by Crippen LogP contribution is -2.22. The summed E-state index contributed by atoms with van der Waals surface area (Å²) < 4.78 is 5.65. The number of thiophene rings is 1. The molecule has 0 bridgehead atoms. The van der Waals surface area contributed by atoms with Crippen LogP contribution < -0.4 is 5.32 Å². The molecule has 1 unspecified atom stereocenters. The number of anilines is 1. The first kappa shape index (κ1) is 12.4. The van der Waals surface area contributed by atoms with E-state index in [1.54, 1.807) is 11.3 Å². The molecule has 0 aromatic carbocycles. The molecule has 4 nitrogen and oxygen atoms in total. The average molecular weight is 255 g/mol. The minimum absolute atomic E-state index is 0.0216. The predicted octanol–water partition coefficient (Wildman–Crippen LogP) is 2.14. The number of hydrogen-bond acceptors (Lipinski definition) is 4. The number of aryl methyl sites for hydroxylation is 1. The first-order valence-electron chi connectivity index (χ1n) is 5.87. The number of aliphatic carboxylic acids is 1. The minimum atomic E-state index is -0.829. The quantitative estimate of drug-likeness (QED) is 0.846. The first-order chi connectivity index (χ1) is 8.20. The van der Waals surface area contributed by atoms with Crippen molar-refractivity contribution in [2.45, 2.75) is 32.3 Å². The summed E-state index contributed by atoms with van der Waals surface area (Å²) in [5, 5.41) is 14.8. The van der Waals surface area contributed by atoms with Gasteiger partial charge in [0.05, 0.1) is 11.1 Å². The minimum Gasteiger partial charge on any atom is -0.480 e. The maximum Gasteiger partial charge on any atom is 0.322 e. The lowest BCUT2D eigenvalue weighted by Gasteiger charge is -2.23. The van der Waals surface area contributed by atoms with Gasteiger partial charge in [-0.15, -0.1) is 11.3 Å². The Morgan fingerprint density at radius 2 is 2.53 bits per heavy atom. The molecule has 1 atom stereocenters. The molecular weight excluding hydrogens is 238 g/mol. The number of rotatable bonds is 5. The van der Waals surface area contributed by atoms with Crippen LogP contribution in [0.2, 0.25) is 0 Å². The van der Waals surface area contributed by atoms with Gasteiger partial charge in [0.25, 0.3) is 0 Å². The monoisotopic (exact) mass is 255 g/mol. The third-order valence-electron chi connectivity index (χ3n) is 2.95. The van der Waals surface area contributed by atoms with Crippen LogP contribution in [0, 0.1) is 0 Å². The van der Waals surface area contributed by atoms with Crippen molar-refractivity contribution >= 4 is 22.3 Å². The van der Waals surface area contributed by atoms with Gasteiger partial charge in [0.1, 0.15) is 6.54 Å². The molecule has 2 rings (SSSR count). The zero-order chi connectivity index (χ0) is 12.3. The van der Waals surface area contributed by atoms with Crippen LogP contribution in [-0.4, -0.2) is 30.3 Å². The molecule has 0 saturated heterocycles. The molecule has 1 heterocycles. The fourth-order valence-electron chi connectivity index (χ4n) is 2.18. The highest BCUT2D eigenvalue weighted by Gasteiger charge is 2.22. The van der Waals surface area contributed by atoms with Crippen molar-refractivity contribution in [2.24, 2.45) is 0 Å². The van der Waals surface area contributed by atoms with E-state index in [1.165, 1.54) is 11.1 Å². The average Bonchev–Trinajstić information content (AvgIpc) is 2.69. The Kier molecular flexibility index (Phi) is 4.02. The zero-order valence-corrected chi connectivity index (χ0v) is 10.7. The summed E-state index contributed by atoms with van der Waals surface area (Å²) in [4.78, 5) is 10.5. The van der Waals surface area contributed by atoms with Crippen LogP contribution in [0.3, 0.4) is 0 Å². The van der Waals surface area contributed by atoms with Crippen LogP contribution in [0.25, 0.3) is 0 Å². The van der Waals surface area contributed by atoms with Crippen LogP contribution in [0.15, 0.2) is 5.38 Å². The van der Waals surface area contributed by atoms with Gasteiger partial charge in [-0.05, 0) is 36.3 Å². The Morgan fingerprint density at radius 1 is 1.71 bits per heavy atom. The highest BCUT2D eigenvalue weighted by molar-refractivity contribution is 7.14. The van der Waals surface area contributed by atoms with Gasteiger partial charge in [0.2, 0.25) is 0 Å². The number of ether oxygens (including phenoxy) is 1. The van der Waals surface area contributed by atoms with Crippen molar-refractivity contribution < 1.29 is 14.6 Å². The van der Waals surface area contributed by atoms with E-state index in [1.807, 2.05) is 6.92 Å². The van der Waals surface area contributed by atoms with E-state index < -0.39 is 5.97 Å². The van der Waals surface area contributed by atoms with Crippen LogP contribution in [-0.2, 0) is 22.4 Å². The molecule has 0 aliphatic heterocycles. The fraction of sp³-hybridized carbons (Fsp3) is 0.583. The second-order valence-corrected chi connectivity index (χ2v) is 5.02. The standard InChI is InChI=1S/C12H17NO3S/c1-2-16-9-4-3-8-7-17-12(10(8)5-9)13-6-11(14)15/h7,9,13H,2-6H2,1H3,(H,14,15). The predicted molar refractivity (Wildman–Crippen MR) is 67.9 cm³/mol. The molecule has 0 radical (unpaired) electrons. The van der Waals surface area contributed by atoms with E-state index in [-0.39, 0.29) is 12.6 Å². The Labute approximate surface area is 105 Å². The van der Waals surface area contributed by atoms with Crippen LogP contribution in [0.1, 0.15) is 24.5 Å². The third kappa shape index (κ3) is 2.98. The van der Waals surface area contributed by atoms with E-state index in [0.717, 1.165) is 30.9 Å². The van der Waals surface area contributed by atoms with Crippen molar-refractivity contribution in [1.29, 1.82) is 0 Å². The Bertz CT molecular complexity index is 402. The maximum absolute atomic E-state index is 10.5. The highest BCUT2D eigenvalue weighted by atomic mass is 32.1. The van der Waals surface area contributed by atoms with Crippen molar-refractivity contribution in [2.75, 3.05) is 18.5 Å². The molecule has 1 aliphatic carbocycles. The summed E-state index contributed by atoms with van der Waals surface area (Å²) >= 11 is 1.60. The molecule has 94 valence electrons. The van der Waals surface area contributed by atoms with E-state index in [2.05, 4.69) is 10.7 Å². The molecule has 1 aromatic rings. The molecule has 0 spiro atoms. The highest BCUT2D eigenvalue weighted by Crippen LogP contribution is 2.34. The Morgan fingerprint density at radius 3 is 3.24 bits per heavy atom. The molecule has 0 saturated carbocycles. The molecule has 0 fully saturated rings. The summed E-state index contributed by atoms with van der Waals surface area (Å²) in [5.41, 5.74) is 2.60. The molecule has 1 aromatic heterocycles. The zero-order valence-electron chi connectivity index (χ0n) is 9.86. The summed E-state index contributed by atoms with van der Waals surface area (Å²) in [6, 6.07) is 0. The van der Waals surface area contributed by atoms with Gasteiger partial charge in [-0.25, -0.2) is 0 Å². The molecule has 0 amide bonds. The van der Waals surface area contributed by atoms with Gasteiger partial charge in [-0.1, -0.05) is 0 Å². The molecule has 2 N–H and O–H groups in total. The van der Waals surface area contributed by atoms with Crippen LogP contribution in [0.5, 0.6) is 0 Å². The normalized spacial score (nSPS) is 18.8. The summed E-state index contributed by atoms with van der Waals surface area (Å²) in [6.45, 7) is 2.72. The van der Waals surface area contributed by atoms with E-state index in [4.69, 9.17) is 9.84 Å². The second-order valence-electron chi connectivity index (χ2n) is 4.14. The van der Waals surface area contributed by atoms with Crippen molar-refractivity contribution in [3.05, 3.63) is 16.5 Å².